The maximum absolute atomic E-state index is 6.26. The van der Waals surface area contributed by atoms with Gasteiger partial charge in [0.1, 0.15) is 5.75 Å². The molecule has 0 aliphatic heterocycles. The highest BCUT2D eigenvalue weighted by molar-refractivity contribution is 7.55. The summed E-state index contributed by atoms with van der Waals surface area (Å²) in [6.45, 7) is 1.15. The Bertz CT molecular complexity index is 1210. The van der Waals surface area contributed by atoms with Gasteiger partial charge < -0.3 is 14.4 Å². The van der Waals surface area contributed by atoms with Crippen LogP contribution in [0.4, 0.5) is 0 Å². The lowest BCUT2D eigenvalue weighted by Crippen LogP contribution is -2.19. The molecule has 0 bridgehead atoms. The van der Waals surface area contributed by atoms with Crippen LogP contribution >= 0.6 is 8.58 Å². The first-order chi connectivity index (χ1) is 17.1. The quantitative estimate of drug-likeness (QED) is 0.207. The Morgan fingerprint density at radius 2 is 1.29 bits per heavy atom. The summed E-state index contributed by atoms with van der Waals surface area (Å²) in [5.74, 6) is 0.950. The van der Waals surface area contributed by atoms with E-state index in [1.165, 1.54) is 38.4 Å². The standard InChI is InChI=1S/C31H34NO2P/c1-32(2)22-27-16-10-11-17-29(27)35-30-21-26(18-24-12-6-4-7-13-24)20-28(31(30)34-23-33-3)19-25-14-8-5-9-15-25/h4-17,20-21,35H,18-19,22-23H2,1-3H3. The van der Waals surface area contributed by atoms with Crippen LogP contribution in [0.2, 0.25) is 0 Å². The molecule has 4 rings (SSSR count). The second-order valence-electron chi connectivity index (χ2n) is 9.03. The number of ether oxygens (including phenoxy) is 2. The van der Waals surface area contributed by atoms with Gasteiger partial charge in [-0.15, -0.1) is 0 Å². The summed E-state index contributed by atoms with van der Waals surface area (Å²) >= 11 is 0. The first-order valence-electron chi connectivity index (χ1n) is 12.0. The number of nitrogens with zero attached hydrogens (tertiary/aromatic N) is 1. The minimum atomic E-state index is 0.233. The number of methoxy groups -OCH3 is 1. The summed E-state index contributed by atoms with van der Waals surface area (Å²) in [4.78, 5) is 2.22. The van der Waals surface area contributed by atoms with E-state index in [0.29, 0.717) is 8.58 Å². The van der Waals surface area contributed by atoms with E-state index in [1.54, 1.807) is 7.11 Å². The van der Waals surface area contributed by atoms with Gasteiger partial charge in [0.15, 0.2) is 6.79 Å². The molecular formula is C31H34NO2P. The maximum Gasteiger partial charge on any atom is 0.188 e. The van der Waals surface area contributed by atoms with Gasteiger partial charge in [0.25, 0.3) is 0 Å². The summed E-state index contributed by atoms with van der Waals surface area (Å²) in [7, 11) is 6.40. The van der Waals surface area contributed by atoms with Crippen molar-refractivity contribution < 1.29 is 9.47 Å². The molecule has 0 fully saturated rings. The van der Waals surface area contributed by atoms with Crippen LogP contribution in [0.15, 0.2) is 97.1 Å². The van der Waals surface area contributed by atoms with Crippen LogP contribution in [0.25, 0.3) is 0 Å². The van der Waals surface area contributed by atoms with Crippen molar-refractivity contribution in [1.29, 1.82) is 0 Å². The van der Waals surface area contributed by atoms with Crippen molar-refractivity contribution in [3.8, 4) is 5.75 Å². The molecule has 0 heterocycles. The monoisotopic (exact) mass is 483 g/mol. The average molecular weight is 484 g/mol. The Kier molecular flexibility index (Phi) is 9.08. The molecule has 4 aromatic carbocycles. The SMILES string of the molecule is COCOc1c(Cc2ccccc2)cc(Cc2ccccc2)cc1Pc1ccccc1CN(C)C. The third kappa shape index (κ3) is 7.26. The molecule has 0 saturated heterocycles. The largest absolute Gasteiger partial charge is 0.467 e. The van der Waals surface area contributed by atoms with E-state index in [0.717, 1.165) is 25.1 Å². The highest BCUT2D eigenvalue weighted by Crippen LogP contribution is 2.29. The molecular weight excluding hydrogens is 449 g/mol. The van der Waals surface area contributed by atoms with E-state index >= 15 is 0 Å². The predicted octanol–water partition coefficient (Wildman–Crippen LogP) is 5.54. The van der Waals surface area contributed by atoms with E-state index in [-0.39, 0.29) is 6.79 Å². The molecule has 0 radical (unpaired) electrons. The van der Waals surface area contributed by atoms with E-state index in [9.17, 15) is 0 Å². The molecule has 180 valence electrons. The molecule has 1 atom stereocenters. The number of hydrogen-bond donors (Lipinski definition) is 0. The molecule has 0 aromatic heterocycles. The van der Waals surface area contributed by atoms with E-state index in [1.807, 2.05) is 0 Å². The summed E-state index contributed by atoms with van der Waals surface area (Å²) in [6.07, 6.45) is 1.71. The lowest BCUT2D eigenvalue weighted by molar-refractivity contribution is 0.0513. The fraction of sp³-hybridized carbons (Fsp3) is 0.226. The minimum Gasteiger partial charge on any atom is -0.467 e. The van der Waals surface area contributed by atoms with Crippen LogP contribution in [-0.2, 0) is 24.1 Å². The molecule has 1 unspecified atom stereocenters. The van der Waals surface area contributed by atoms with Gasteiger partial charge in [-0.3, -0.25) is 0 Å². The van der Waals surface area contributed by atoms with Crippen molar-refractivity contribution in [1.82, 2.24) is 4.90 Å². The highest BCUT2D eigenvalue weighted by atomic mass is 31.1. The van der Waals surface area contributed by atoms with Gasteiger partial charge in [0, 0.05) is 25.4 Å². The van der Waals surface area contributed by atoms with E-state index in [2.05, 4.69) is 116 Å². The van der Waals surface area contributed by atoms with Gasteiger partial charge in [-0.25, -0.2) is 0 Å². The number of rotatable bonds is 11. The molecule has 35 heavy (non-hydrogen) atoms. The molecule has 0 spiro atoms. The Balaban J connectivity index is 1.78. The summed E-state index contributed by atoms with van der Waals surface area (Å²) in [5.41, 5.74) is 6.44. The van der Waals surface area contributed by atoms with Crippen molar-refractivity contribution >= 4 is 19.2 Å². The van der Waals surface area contributed by atoms with Crippen LogP contribution in [0.3, 0.4) is 0 Å². The first-order valence-corrected chi connectivity index (χ1v) is 13.0. The molecule has 0 aliphatic rings. The maximum atomic E-state index is 6.26. The van der Waals surface area contributed by atoms with Gasteiger partial charge in [0.2, 0.25) is 0 Å². The first kappa shape index (κ1) is 25.1. The van der Waals surface area contributed by atoms with Gasteiger partial charge >= 0.3 is 0 Å². The zero-order valence-corrected chi connectivity index (χ0v) is 21.8. The van der Waals surface area contributed by atoms with Crippen LogP contribution in [0.1, 0.15) is 27.8 Å². The van der Waals surface area contributed by atoms with E-state index in [4.69, 9.17) is 9.47 Å². The van der Waals surface area contributed by atoms with Crippen molar-refractivity contribution in [2.45, 2.75) is 19.4 Å². The fourth-order valence-corrected chi connectivity index (χ4v) is 5.68. The molecule has 3 nitrogen and oxygen atoms in total. The normalized spacial score (nSPS) is 11.4. The number of benzene rings is 4. The minimum absolute atomic E-state index is 0.233. The molecule has 0 N–H and O–H groups in total. The molecule has 4 heteroatoms. The summed E-state index contributed by atoms with van der Waals surface area (Å²) in [5, 5.41) is 2.58. The number of hydrogen-bond acceptors (Lipinski definition) is 3. The molecule has 0 amide bonds. The van der Waals surface area contributed by atoms with Crippen LogP contribution < -0.4 is 15.3 Å². The molecule has 0 saturated carbocycles. The third-order valence-corrected chi connectivity index (χ3v) is 7.21. The van der Waals surface area contributed by atoms with Gasteiger partial charge in [-0.2, -0.15) is 0 Å². The van der Waals surface area contributed by atoms with Gasteiger partial charge in [0.05, 0.1) is 0 Å². The Labute approximate surface area is 211 Å². The Morgan fingerprint density at radius 3 is 1.94 bits per heavy atom. The second-order valence-corrected chi connectivity index (χ2v) is 10.4. The molecule has 0 aliphatic carbocycles. The van der Waals surface area contributed by atoms with E-state index < -0.39 is 0 Å². The Hall–Kier alpha value is -2.97. The van der Waals surface area contributed by atoms with Gasteiger partial charge in [-0.1, -0.05) is 99.6 Å². The fourth-order valence-electron chi connectivity index (χ4n) is 4.28. The van der Waals surface area contributed by atoms with Crippen molar-refractivity contribution in [3.05, 3.63) is 125 Å². The predicted molar refractivity (Wildman–Crippen MR) is 149 cm³/mol. The zero-order valence-electron chi connectivity index (χ0n) is 20.8. The smallest absolute Gasteiger partial charge is 0.188 e. The highest BCUT2D eigenvalue weighted by Gasteiger charge is 2.16. The van der Waals surface area contributed by atoms with Crippen LogP contribution in [-0.4, -0.2) is 32.9 Å². The topological polar surface area (TPSA) is 21.7 Å². The van der Waals surface area contributed by atoms with Crippen molar-refractivity contribution in [3.63, 3.8) is 0 Å². The lowest BCUT2D eigenvalue weighted by atomic mass is 9.98. The Morgan fingerprint density at radius 1 is 0.657 bits per heavy atom. The van der Waals surface area contributed by atoms with Gasteiger partial charge in [-0.05, 0) is 59.7 Å². The molecule has 4 aromatic rings. The average Bonchev–Trinajstić information content (AvgIpc) is 2.86. The van der Waals surface area contributed by atoms with Crippen molar-refractivity contribution in [2.24, 2.45) is 0 Å². The summed E-state index contributed by atoms with van der Waals surface area (Å²) < 4.78 is 11.6. The lowest BCUT2D eigenvalue weighted by Gasteiger charge is -2.20. The zero-order chi connectivity index (χ0) is 24.5. The van der Waals surface area contributed by atoms with Crippen LogP contribution in [0.5, 0.6) is 5.75 Å². The third-order valence-electron chi connectivity index (χ3n) is 5.81. The second kappa shape index (κ2) is 12.7. The summed E-state index contributed by atoms with van der Waals surface area (Å²) in [6, 6.07) is 34.7. The van der Waals surface area contributed by atoms with Crippen LogP contribution in [0, 0.1) is 0 Å². The van der Waals surface area contributed by atoms with Crippen molar-refractivity contribution in [2.75, 3.05) is 28.0 Å².